The zero-order chi connectivity index (χ0) is 13.7. The van der Waals surface area contributed by atoms with Crippen LogP contribution in [0.15, 0.2) is 48.5 Å². The van der Waals surface area contributed by atoms with Crippen molar-refractivity contribution in [1.29, 1.82) is 0 Å². The van der Waals surface area contributed by atoms with Gasteiger partial charge in [-0.3, -0.25) is 4.79 Å². The molecule has 3 nitrogen and oxygen atoms in total. The van der Waals surface area contributed by atoms with Crippen LogP contribution in [0.5, 0.6) is 0 Å². The van der Waals surface area contributed by atoms with Gasteiger partial charge in [-0.05, 0) is 29.7 Å². The van der Waals surface area contributed by atoms with Gasteiger partial charge in [0.2, 0.25) is 0 Å². The van der Waals surface area contributed by atoms with Gasteiger partial charge in [0.15, 0.2) is 0 Å². The molecule has 2 aliphatic carbocycles. The summed E-state index contributed by atoms with van der Waals surface area (Å²) in [7, 11) is 0. The molecule has 0 saturated carbocycles. The van der Waals surface area contributed by atoms with Gasteiger partial charge in [-0.25, -0.2) is 0 Å². The molecule has 19 heavy (non-hydrogen) atoms. The minimum absolute atomic E-state index is 0.236. The fourth-order valence-electron chi connectivity index (χ4n) is 1.73. The number of nitrogens with two attached hydrogens (primary N) is 1. The van der Waals surface area contributed by atoms with Crippen LogP contribution < -0.4 is 5.73 Å². The van der Waals surface area contributed by atoms with Crippen molar-refractivity contribution in [1.82, 2.24) is 0 Å². The minimum Gasteiger partial charge on any atom is -0.466 e. The number of ether oxygens (including phenoxy) is 1. The van der Waals surface area contributed by atoms with Crippen molar-refractivity contribution in [3.63, 3.8) is 0 Å². The maximum Gasteiger partial charge on any atom is 0.310 e. The highest BCUT2D eigenvalue weighted by Gasteiger charge is 2.05. The molecule has 0 radical (unpaired) electrons. The van der Waals surface area contributed by atoms with E-state index in [1.165, 1.54) is 11.1 Å². The summed E-state index contributed by atoms with van der Waals surface area (Å²) >= 11 is 0. The molecule has 0 aliphatic heterocycles. The van der Waals surface area contributed by atoms with Crippen LogP contribution >= 0.6 is 0 Å². The smallest absolute Gasteiger partial charge is 0.310 e. The number of hydrogen-bond acceptors (Lipinski definition) is 3. The lowest BCUT2D eigenvalue weighted by molar-refractivity contribution is -0.142. The molecule has 0 spiro atoms. The average molecular weight is 255 g/mol. The van der Waals surface area contributed by atoms with Crippen LogP contribution in [0.4, 0.5) is 5.69 Å². The number of rotatable bonds is 3. The Kier molecular flexibility index (Phi) is 4.18. The van der Waals surface area contributed by atoms with Gasteiger partial charge in [0.25, 0.3) is 0 Å². The molecule has 3 heteroatoms. The lowest BCUT2D eigenvalue weighted by Crippen LogP contribution is -2.08. The van der Waals surface area contributed by atoms with Gasteiger partial charge in [-0.2, -0.15) is 0 Å². The summed E-state index contributed by atoms with van der Waals surface area (Å²) in [5.74, 6) is -0.236. The first-order valence-corrected chi connectivity index (χ1v) is 6.30. The van der Waals surface area contributed by atoms with Gasteiger partial charge in [0, 0.05) is 5.69 Å². The molecule has 0 amide bonds. The van der Waals surface area contributed by atoms with Crippen LogP contribution in [0.1, 0.15) is 12.5 Å². The second-order valence-corrected chi connectivity index (χ2v) is 4.26. The standard InChI is InChI=1S/C10H13NO2.C6H4/c1-2-13-10(12)7-8-5-3-4-6-9(8)11;1-2-6-4-3-5(1)6/h3-6H,2,7,11H2,1H3;1-4H. The van der Waals surface area contributed by atoms with Crippen molar-refractivity contribution in [3.05, 3.63) is 54.1 Å². The van der Waals surface area contributed by atoms with Crippen LogP contribution in [-0.4, -0.2) is 12.6 Å². The monoisotopic (exact) mass is 255 g/mol. The van der Waals surface area contributed by atoms with E-state index >= 15 is 0 Å². The van der Waals surface area contributed by atoms with Crippen LogP contribution in [0.2, 0.25) is 0 Å². The van der Waals surface area contributed by atoms with Gasteiger partial charge in [-0.1, -0.05) is 42.5 Å². The number of carbonyl (C=O) groups is 1. The van der Waals surface area contributed by atoms with E-state index in [2.05, 4.69) is 24.3 Å². The first kappa shape index (κ1) is 13.1. The molecule has 2 N–H and O–H groups in total. The highest BCUT2D eigenvalue weighted by atomic mass is 16.5. The molecule has 98 valence electrons. The molecule has 0 saturated heterocycles. The maximum atomic E-state index is 11.1. The Morgan fingerprint density at radius 3 is 2.05 bits per heavy atom. The second kappa shape index (κ2) is 6.05. The van der Waals surface area contributed by atoms with E-state index in [1.54, 1.807) is 13.0 Å². The van der Waals surface area contributed by atoms with E-state index in [-0.39, 0.29) is 12.4 Å². The molecule has 3 rings (SSSR count). The van der Waals surface area contributed by atoms with E-state index in [1.807, 2.05) is 18.2 Å². The topological polar surface area (TPSA) is 52.3 Å². The third-order valence-corrected chi connectivity index (χ3v) is 2.91. The zero-order valence-corrected chi connectivity index (χ0v) is 10.9. The van der Waals surface area contributed by atoms with E-state index in [0.29, 0.717) is 12.3 Å². The number of para-hydroxylation sites is 1. The first-order chi connectivity index (χ1) is 9.20. The number of carbonyl (C=O) groups excluding carboxylic acids is 1. The summed E-state index contributed by atoms with van der Waals surface area (Å²) in [5.41, 5.74) is 9.96. The largest absolute Gasteiger partial charge is 0.466 e. The van der Waals surface area contributed by atoms with Gasteiger partial charge in [-0.15, -0.1) is 0 Å². The zero-order valence-electron chi connectivity index (χ0n) is 10.9. The van der Waals surface area contributed by atoms with Crippen molar-refractivity contribution in [3.8, 4) is 11.1 Å². The average Bonchev–Trinajstić information content (AvgIpc) is 2.38. The molecule has 1 aromatic carbocycles. The third kappa shape index (κ3) is 3.35. The van der Waals surface area contributed by atoms with E-state index < -0.39 is 0 Å². The molecule has 1 aromatic rings. The first-order valence-electron chi connectivity index (χ1n) is 6.30. The molecule has 0 bridgehead atoms. The highest BCUT2D eigenvalue weighted by molar-refractivity contribution is 5.75. The highest BCUT2D eigenvalue weighted by Crippen LogP contribution is 2.29. The molecular weight excluding hydrogens is 238 g/mol. The Morgan fingerprint density at radius 2 is 1.63 bits per heavy atom. The van der Waals surface area contributed by atoms with Crippen molar-refractivity contribution in [2.45, 2.75) is 13.3 Å². The summed E-state index contributed by atoms with van der Waals surface area (Å²) in [6.45, 7) is 2.19. The molecular formula is C16H17NO2. The second-order valence-electron chi connectivity index (χ2n) is 4.26. The van der Waals surface area contributed by atoms with E-state index in [4.69, 9.17) is 10.5 Å². The summed E-state index contributed by atoms with van der Waals surface area (Å²) < 4.78 is 4.81. The number of fused-ring (bicyclic) bond motifs is 1. The van der Waals surface area contributed by atoms with Crippen LogP contribution in [0.25, 0.3) is 11.1 Å². The Bertz CT molecular complexity index is 540. The Balaban J connectivity index is 0.000000180. The molecule has 0 heterocycles. The van der Waals surface area contributed by atoms with Crippen molar-refractivity contribution in [2.75, 3.05) is 12.3 Å². The van der Waals surface area contributed by atoms with E-state index in [9.17, 15) is 4.79 Å². The molecule has 0 atom stereocenters. The molecule has 0 aromatic heterocycles. The Morgan fingerprint density at radius 1 is 1.05 bits per heavy atom. The molecule has 2 aliphatic rings. The number of benzene rings is 2. The van der Waals surface area contributed by atoms with Gasteiger partial charge in [0.1, 0.15) is 0 Å². The summed E-state index contributed by atoms with van der Waals surface area (Å²) in [4.78, 5) is 11.1. The number of hydrogen-bond donors (Lipinski definition) is 1. The Labute approximate surface area is 113 Å². The number of anilines is 1. The maximum absolute atomic E-state index is 11.1. The molecule has 0 unspecified atom stereocenters. The van der Waals surface area contributed by atoms with Crippen LogP contribution in [-0.2, 0) is 16.0 Å². The number of nitrogen functional groups attached to an aromatic ring is 1. The fourth-order valence-corrected chi connectivity index (χ4v) is 1.73. The van der Waals surface area contributed by atoms with Crippen molar-refractivity contribution < 1.29 is 9.53 Å². The van der Waals surface area contributed by atoms with E-state index in [0.717, 1.165) is 5.56 Å². The normalized spacial score (nSPS) is 10.2. The quantitative estimate of drug-likeness (QED) is 0.578. The summed E-state index contributed by atoms with van der Waals surface area (Å²) in [6, 6.07) is 15.8. The summed E-state index contributed by atoms with van der Waals surface area (Å²) in [5, 5.41) is 0. The molecule has 0 fully saturated rings. The van der Waals surface area contributed by atoms with Gasteiger partial charge in [0.05, 0.1) is 13.0 Å². The number of esters is 1. The predicted molar refractivity (Wildman–Crippen MR) is 76.6 cm³/mol. The lowest BCUT2D eigenvalue weighted by Gasteiger charge is -2.10. The third-order valence-electron chi connectivity index (χ3n) is 2.91. The van der Waals surface area contributed by atoms with Crippen LogP contribution in [0, 0.1) is 0 Å². The van der Waals surface area contributed by atoms with Gasteiger partial charge >= 0.3 is 5.97 Å². The SMILES string of the molecule is CCOC(=O)Cc1ccccc1N.c1cc2ccc1-2. The Hall–Kier alpha value is -2.29. The van der Waals surface area contributed by atoms with Gasteiger partial charge < -0.3 is 10.5 Å². The minimum atomic E-state index is -0.236. The summed E-state index contributed by atoms with van der Waals surface area (Å²) in [6.07, 6.45) is 0.251. The van der Waals surface area contributed by atoms with Crippen molar-refractivity contribution >= 4 is 11.7 Å². The lowest BCUT2D eigenvalue weighted by atomic mass is 9.95. The predicted octanol–water partition coefficient (Wildman–Crippen LogP) is 3.04. The van der Waals surface area contributed by atoms with Crippen LogP contribution in [0.3, 0.4) is 0 Å². The fraction of sp³-hybridized carbons (Fsp3) is 0.188. The van der Waals surface area contributed by atoms with Crippen molar-refractivity contribution in [2.24, 2.45) is 0 Å².